The molecule has 7 heteroatoms. The highest BCUT2D eigenvalue weighted by Crippen LogP contribution is 2.26. The van der Waals surface area contributed by atoms with Crippen molar-refractivity contribution < 1.29 is 14.3 Å². The Morgan fingerprint density at radius 1 is 1.12 bits per heavy atom. The second kappa shape index (κ2) is 9.59. The predicted octanol–water partition coefficient (Wildman–Crippen LogP) is 5.17. The zero-order valence-corrected chi connectivity index (χ0v) is 16.9. The molecule has 0 radical (unpaired) electrons. The molecule has 0 atom stereocenters. The van der Waals surface area contributed by atoms with Gasteiger partial charge in [0.1, 0.15) is 5.75 Å². The van der Waals surface area contributed by atoms with Gasteiger partial charge in [0.05, 0.1) is 10.7 Å². The smallest absolute Gasteiger partial charge is 0.262 e. The Labute approximate surface area is 166 Å². The molecular weight excluding hydrogens is 420 g/mol. The highest BCUT2D eigenvalue weighted by Gasteiger charge is 2.10. The van der Waals surface area contributed by atoms with E-state index in [1.54, 1.807) is 24.3 Å². The lowest BCUT2D eigenvalue weighted by Crippen LogP contribution is -2.20. The van der Waals surface area contributed by atoms with Gasteiger partial charge in [0.25, 0.3) is 5.91 Å². The third-order valence-corrected chi connectivity index (χ3v) is 4.72. The molecule has 2 aromatic rings. The fourth-order valence-electron chi connectivity index (χ4n) is 2.19. The number of rotatable bonds is 7. The number of ether oxygens (including phenoxy) is 1. The lowest BCUT2D eigenvalue weighted by Gasteiger charge is -2.11. The Morgan fingerprint density at radius 3 is 2.58 bits per heavy atom. The molecule has 138 valence electrons. The molecule has 0 heterocycles. The summed E-state index contributed by atoms with van der Waals surface area (Å²) in [6, 6.07) is 10.4. The Morgan fingerprint density at radius 2 is 1.88 bits per heavy atom. The quantitative estimate of drug-likeness (QED) is 0.625. The van der Waals surface area contributed by atoms with Crippen molar-refractivity contribution in [3.05, 3.63) is 51.5 Å². The summed E-state index contributed by atoms with van der Waals surface area (Å²) in [7, 11) is 0. The van der Waals surface area contributed by atoms with E-state index in [1.165, 1.54) is 0 Å². The zero-order valence-electron chi connectivity index (χ0n) is 14.6. The SMILES string of the molecule is CCCC(=O)Nc1ccc(Cl)c(NC(=O)COc2ccc(Br)c(C)c2)c1. The minimum absolute atomic E-state index is 0.0824. The van der Waals surface area contributed by atoms with Crippen molar-refractivity contribution in [3.8, 4) is 5.75 Å². The second-order valence-electron chi connectivity index (χ2n) is 5.74. The van der Waals surface area contributed by atoms with E-state index in [-0.39, 0.29) is 18.4 Å². The molecule has 5 nitrogen and oxygen atoms in total. The zero-order chi connectivity index (χ0) is 19.1. The van der Waals surface area contributed by atoms with Crippen LogP contribution in [0.2, 0.25) is 5.02 Å². The van der Waals surface area contributed by atoms with Crippen LogP contribution in [0.5, 0.6) is 5.75 Å². The first-order valence-electron chi connectivity index (χ1n) is 8.17. The average Bonchev–Trinajstić information content (AvgIpc) is 2.59. The molecule has 2 rings (SSSR count). The third-order valence-electron chi connectivity index (χ3n) is 3.50. The van der Waals surface area contributed by atoms with Gasteiger partial charge in [0.15, 0.2) is 6.61 Å². The van der Waals surface area contributed by atoms with Crippen LogP contribution in [0.15, 0.2) is 40.9 Å². The molecule has 0 aliphatic rings. The average molecular weight is 440 g/mol. The van der Waals surface area contributed by atoms with Crippen molar-refractivity contribution in [1.29, 1.82) is 0 Å². The highest BCUT2D eigenvalue weighted by atomic mass is 79.9. The van der Waals surface area contributed by atoms with E-state index in [9.17, 15) is 9.59 Å². The summed E-state index contributed by atoms with van der Waals surface area (Å²) in [5, 5.41) is 5.84. The number of hydrogen-bond donors (Lipinski definition) is 2. The van der Waals surface area contributed by atoms with Gasteiger partial charge in [0.2, 0.25) is 5.91 Å². The maximum absolute atomic E-state index is 12.1. The van der Waals surface area contributed by atoms with Crippen molar-refractivity contribution >= 4 is 50.7 Å². The molecule has 0 unspecified atom stereocenters. The van der Waals surface area contributed by atoms with Gasteiger partial charge in [-0.1, -0.05) is 34.5 Å². The predicted molar refractivity (Wildman–Crippen MR) is 108 cm³/mol. The molecule has 0 aromatic heterocycles. The van der Waals surface area contributed by atoms with Gasteiger partial charge in [-0.05, 0) is 55.3 Å². The Hall–Kier alpha value is -2.05. The number of nitrogens with one attached hydrogen (secondary N) is 2. The number of halogens is 2. The van der Waals surface area contributed by atoms with Crippen molar-refractivity contribution in [2.24, 2.45) is 0 Å². The minimum atomic E-state index is -0.343. The van der Waals surface area contributed by atoms with E-state index in [0.29, 0.717) is 28.6 Å². The lowest BCUT2D eigenvalue weighted by molar-refractivity contribution is -0.118. The summed E-state index contributed by atoms with van der Waals surface area (Å²) in [6.07, 6.45) is 1.20. The van der Waals surface area contributed by atoms with Crippen LogP contribution in [0, 0.1) is 6.92 Å². The van der Waals surface area contributed by atoms with Gasteiger partial charge in [-0.3, -0.25) is 9.59 Å². The molecule has 0 saturated heterocycles. The Bertz CT molecular complexity index is 811. The van der Waals surface area contributed by atoms with Crippen molar-refractivity contribution in [2.75, 3.05) is 17.2 Å². The molecule has 0 fully saturated rings. The van der Waals surface area contributed by atoms with Crippen molar-refractivity contribution in [1.82, 2.24) is 0 Å². The van der Waals surface area contributed by atoms with Crippen LogP contribution < -0.4 is 15.4 Å². The topological polar surface area (TPSA) is 67.4 Å². The number of anilines is 2. The first kappa shape index (κ1) is 20.3. The van der Waals surface area contributed by atoms with E-state index in [1.807, 2.05) is 26.0 Å². The maximum Gasteiger partial charge on any atom is 0.262 e. The van der Waals surface area contributed by atoms with Crippen LogP contribution in [0.3, 0.4) is 0 Å². The van der Waals surface area contributed by atoms with Crippen molar-refractivity contribution in [3.63, 3.8) is 0 Å². The molecule has 26 heavy (non-hydrogen) atoms. The summed E-state index contributed by atoms with van der Waals surface area (Å²) in [4.78, 5) is 23.8. The molecule has 0 aliphatic carbocycles. The molecule has 2 aromatic carbocycles. The normalized spacial score (nSPS) is 10.3. The number of hydrogen-bond acceptors (Lipinski definition) is 3. The first-order chi connectivity index (χ1) is 12.4. The second-order valence-corrected chi connectivity index (χ2v) is 7.00. The van der Waals surface area contributed by atoms with Crippen LogP contribution >= 0.6 is 27.5 Å². The molecular formula is C19H20BrClN2O3. The molecule has 0 spiro atoms. The number of carbonyl (C=O) groups is 2. The van der Waals surface area contributed by atoms with Crippen LogP contribution in [-0.4, -0.2) is 18.4 Å². The van der Waals surface area contributed by atoms with Crippen LogP contribution in [0.4, 0.5) is 11.4 Å². The summed E-state index contributed by atoms with van der Waals surface area (Å²) >= 11 is 9.54. The Kier molecular flexibility index (Phi) is 7.48. The summed E-state index contributed by atoms with van der Waals surface area (Å²) in [6.45, 7) is 3.72. The maximum atomic E-state index is 12.1. The fraction of sp³-hybridized carbons (Fsp3) is 0.263. The van der Waals surface area contributed by atoms with Crippen molar-refractivity contribution in [2.45, 2.75) is 26.7 Å². The van der Waals surface area contributed by atoms with Crippen LogP contribution in [-0.2, 0) is 9.59 Å². The van der Waals surface area contributed by atoms with E-state index in [0.717, 1.165) is 16.5 Å². The van der Waals surface area contributed by atoms with Crippen LogP contribution in [0.1, 0.15) is 25.3 Å². The van der Waals surface area contributed by atoms with Gasteiger partial charge in [-0.25, -0.2) is 0 Å². The van der Waals surface area contributed by atoms with Gasteiger partial charge in [0, 0.05) is 16.6 Å². The van der Waals surface area contributed by atoms with E-state index < -0.39 is 0 Å². The van der Waals surface area contributed by atoms with Gasteiger partial charge < -0.3 is 15.4 Å². The summed E-state index contributed by atoms with van der Waals surface area (Å²) in [5.41, 5.74) is 2.01. The molecule has 0 saturated carbocycles. The standard InChI is InChI=1S/C19H20BrClN2O3/c1-3-4-18(24)22-13-5-8-16(21)17(10-13)23-19(25)11-26-14-6-7-15(20)12(2)9-14/h5-10H,3-4,11H2,1-2H3,(H,22,24)(H,23,25). The molecule has 2 N–H and O–H groups in total. The summed E-state index contributed by atoms with van der Waals surface area (Å²) < 4.78 is 6.47. The van der Waals surface area contributed by atoms with Gasteiger partial charge in [-0.2, -0.15) is 0 Å². The highest BCUT2D eigenvalue weighted by molar-refractivity contribution is 9.10. The third kappa shape index (κ3) is 6.04. The van der Waals surface area contributed by atoms with E-state index >= 15 is 0 Å². The lowest BCUT2D eigenvalue weighted by atomic mass is 10.2. The van der Waals surface area contributed by atoms with E-state index in [4.69, 9.17) is 16.3 Å². The minimum Gasteiger partial charge on any atom is -0.484 e. The van der Waals surface area contributed by atoms with E-state index in [2.05, 4.69) is 26.6 Å². The van der Waals surface area contributed by atoms with Gasteiger partial charge in [-0.15, -0.1) is 0 Å². The first-order valence-corrected chi connectivity index (χ1v) is 9.34. The number of amides is 2. The molecule has 2 amide bonds. The number of aryl methyl sites for hydroxylation is 1. The fourth-order valence-corrected chi connectivity index (χ4v) is 2.60. The molecule has 0 bridgehead atoms. The monoisotopic (exact) mass is 438 g/mol. The summed E-state index contributed by atoms with van der Waals surface area (Å²) in [5.74, 6) is 0.179. The number of carbonyl (C=O) groups excluding carboxylic acids is 2. The Balaban J connectivity index is 1.97. The molecule has 0 aliphatic heterocycles. The largest absolute Gasteiger partial charge is 0.484 e. The van der Waals surface area contributed by atoms with Gasteiger partial charge >= 0.3 is 0 Å². The van der Waals surface area contributed by atoms with Crippen LogP contribution in [0.25, 0.3) is 0 Å². The number of benzene rings is 2.